The number of fused-ring (bicyclic) bond motifs is 1. The van der Waals surface area contributed by atoms with Crippen molar-refractivity contribution in [2.24, 2.45) is 0 Å². The van der Waals surface area contributed by atoms with Gasteiger partial charge in [-0.25, -0.2) is 4.79 Å². The number of nitrogens with zero attached hydrogens (tertiary/aromatic N) is 1. The molecular weight excluding hydrogens is 394 g/mol. The van der Waals surface area contributed by atoms with Gasteiger partial charge in [-0.1, -0.05) is 33.8 Å². The highest BCUT2D eigenvalue weighted by atomic mass is 16.9. The van der Waals surface area contributed by atoms with E-state index >= 15 is 0 Å². The molecule has 1 aliphatic heterocycles. The van der Waals surface area contributed by atoms with Gasteiger partial charge in [-0.15, -0.1) is 0 Å². The van der Waals surface area contributed by atoms with Crippen LogP contribution in [0.15, 0.2) is 42.5 Å². The first-order chi connectivity index (χ1) is 14.5. The van der Waals surface area contributed by atoms with Gasteiger partial charge in [0.15, 0.2) is 6.29 Å². The van der Waals surface area contributed by atoms with Crippen LogP contribution in [-0.4, -0.2) is 29.7 Å². The number of hydrogen-bond donors (Lipinski definition) is 1. The van der Waals surface area contributed by atoms with E-state index in [2.05, 4.69) is 39.8 Å². The van der Waals surface area contributed by atoms with E-state index in [4.69, 9.17) is 14.6 Å². The van der Waals surface area contributed by atoms with Crippen molar-refractivity contribution in [1.29, 1.82) is 0 Å². The van der Waals surface area contributed by atoms with Crippen molar-refractivity contribution in [3.05, 3.63) is 64.7 Å². The molecule has 0 bridgehead atoms. The second-order valence-electron chi connectivity index (χ2n) is 9.70. The minimum Gasteiger partial charge on any atom is -0.478 e. The summed E-state index contributed by atoms with van der Waals surface area (Å²) in [6.07, 6.45) is 0.966. The quantitative estimate of drug-likeness (QED) is 0.744. The van der Waals surface area contributed by atoms with Crippen molar-refractivity contribution in [1.82, 2.24) is 0 Å². The van der Waals surface area contributed by atoms with Gasteiger partial charge >= 0.3 is 5.97 Å². The van der Waals surface area contributed by atoms with Crippen LogP contribution in [0.3, 0.4) is 0 Å². The molecule has 0 unspecified atom stereocenters. The number of carboxylic acid groups (broad SMARTS) is 1. The lowest BCUT2D eigenvalue weighted by atomic mass is 9.63. The predicted molar refractivity (Wildman–Crippen MR) is 117 cm³/mol. The number of ether oxygens (including phenoxy) is 2. The topological polar surface area (TPSA) is 76.1 Å². The van der Waals surface area contributed by atoms with Crippen LogP contribution in [0.2, 0.25) is 0 Å². The Morgan fingerprint density at radius 3 is 2.00 bits per heavy atom. The van der Waals surface area contributed by atoms with Crippen molar-refractivity contribution in [3.63, 3.8) is 0 Å². The van der Waals surface area contributed by atoms with Crippen molar-refractivity contribution in [3.8, 4) is 0 Å². The first-order valence-corrected chi connectivity index (χ1v) is 10.6. The Labute approximate surface area is 182 Å². The maximum absolute atomic E-state index is 13.4. The predicted octanol–water partition coefficient (Wildman–Crippen LogP) is 5.06. The van der Waals surface area contributed by atoms with Gasteiger partial charge in [0.1, 0.15) is 0 Å². The fourth-order valence-corrected chi connectivity index (χ4v) is 4.42. The van der Waals surface area contributed by atoms with Crippen molar-refractivity contribution in [2.75, 3.05) is 4.90 Å². The van der Waals surface area contributed by atoms with Crippen molar-refractivity contribution in [2.45, 2.75) is 71.0 Å². The van der Waals surface area contributed by atoms with E-state index in [1.807, 2.05) is 6.07 Å². The lowest BCUT2D eigenvalue weighted by Gasteiger charge is -2.44. The van der Waals surface area contributed by atoms with Crippen LogP contribution in [0.4, 0.5) is 5.69 Å². The molecule has 2 aromatic carbocycles. The number of amides is 1. The Morgan fingerprint density at radius 2 is 1.45 bits per heavy atom. The SMILES string of the molecule is CC1OC(N(C(=O)c2ccc(C(=O)O)cc2)c2ccc3c(c2)C(C)(C)CCC3(C)C)O1. The summed E-state index contributed by atoms with van der Waals surface area (Å²) in [6, 6.07) is 12.0. The highest BCUT2D eigenvalue weighted by molar-refractivity contribution is 6.06. The van der Waals surface area contributed by atoms with E-state index < -0.39 is 12.4 Å². The summed E-state index contributed by atoms with van der Waals surface area (Å²) in [5.74, 6) is -1.34. The molecule has 164 valence electrons. The number of carbonyl (C=O) groups is 2. The summed E-state index contributed by atoms with van der Waals surface area (Å²) in [6.45, 7) is 10.8. The third-order valence-corrected chi connectivity index (χ3v) is 6.54. The lowest BCUT2D eigenvalue weighted by Crippen LogP contribution is -2.54. The zero-order valence-corrected chi connectivity index (χ0v) is 18.6. The molecule has 0 aromatic heterocycles. The number of hydrogen-bond acceptors (Lipinski definition) is 4. The van der Waals surface area contributed by atoms with Crippen molar-refractivity contribution >= 4 is 17.6 Å². The Bertz CT molecular complexity index is 1020. The molecule has 31 heavy (non-hydrogen) atoms. The van der Waals surface area contributed by atoms with E-state index in [1.54, 1.807) is 6.92 Å². The molecule has 6 heteroatoms. The molecule has 1 aliphatic carbocycles. The first-order valence-electron chi connectivity index (χ1n) is 10.6. The van der Waals surface area contributed by atoms with Gasteiger partial charge in [-0.05, 0) is 78.1 Å². The number of carboxylic acids is 1. The molecule has 1 amide bonds. The normalized spacial score (nSPS) is 23.4. The van der Waals surface area contributed by atoms with E-state index in [1.165, 1.54) is 40.3 Å². The zero-order valence-electron chi connectivity index (χ0n) is 18.6. The van der Waals surface area contributed by atoms with E-state index in [0.717, 1.165) is 12.8 Å². The summed E-state index contributed by atoms with van der Waals surface area (Å²) in [5, 5.41) is 9.13. The second-order valence-corrected chi connectivity index (χ2v) is 9.70. The van der Waals surface area contributed by atoms with Crippen LogP contribution in [-0.2, 0) is 20.3 Å². The number of anilines is 1. The van der Waals surface area contributed by atoms with Gasteiger partial charge in [0.2, 0.25) is 0 Å². The maximum atomic E-state index is 13.4. The van der Waals surface area contributed by atoms with Crippen LogP contribution in [0.1, 0.15) is 79.3 Å². The van der Waals surface area contributed by atoms with Gasteiger partial charge in [-0.3, -0.25) is 9.69 Å². The lowest BCUT2D eigenvalue weighted by molar-refractivity contribution is -0.371. The summed E-state index contributed by atoms with van der Waals surface area (Å²) in [4.78, 5) is 26.1. The fraction of sp³-hybridized carbons (Fsp3) is 0.440. The molecule has 2 aromatic rings. The molecule has 1 fully saturated rings. The van der Waals surface area contributed by atoms with Gasteiger partial charge in [-0.2, -0.15) is 0 Å². The van der Waals surface area contributed by atoms with Gasteiger partial charge < -0.3 is 14.6 Å². The van der Waals surface area contributed by atoms with Crippen LogP contribution in [0, 0.1) is 0 Å². The first kappa shape index (κ1) is 21.5. The van der Waals surface area contributed by atoms with Gasteiger partial charge in [0.25, 0.3) is 12.3 Å². The number of rotatable bonds is 4. The van der Waals surface area contributed by atoms with E-state index in [0.29, 0.717) is 11.3 Å². The van der Waals surface area contributed by atoms with Crippen LogP contribution >= 0.6 is 0 Å². The van der Waals surface area contributed by atoms with Crippen LogP contribution < -0.4 is 4.90 Å². The summed E-state index contributed by atoms with van der Waals surface area (Å²) in [7, 11) is 0. The summed E-state index contributed by atoms with van der Waals surface area (Å²) < 4.78 is 11.4. The Balaban J connectivity index is 1.75. The van der Waals surface area contributed by atoms with Gasteiger partial charge in [0.05, 0.1) is 5.56 Å². The molecule has 2 aliphatic rings. The molecule has 0 saturated carbocycles. The highest BCUT2D eigenvalue weighted by Gasteiger charge is 2.40. The Morgan fingerprint density at radius 1 is 0.903 bits per heavy atom. The second kappa shape index (κ2) is 7.46. The largest absolute Gasteiger partial charge is 0.478 e. The molecule has 1 saturated heterocycles. The number of benzene rings is 2. The number of aromatic carboxylic acids is 1. The minimum absolute atomic E-state index is 0.00661. The van der Waals surface area contributed by atoms with Gasteiger partial charge in [0, 0.05) is 11.3 Å². The summed E-state index contributed by atoms with van der Waals surface area (Å²) in [5.41, 5.74) is 3.80. The fourth-order valence-electron chi connectivity index (χ4n) is 4.42. The molecule has 4 rings (SSSR count). The van der Waals surface area contributed by atoms with E-state index in [9.17, 15) is 9.59 Å². The Kier molecular flexibility index (Phi) is 5.18. The molecule has 1 N–H and O–H groups in total. The highest BCUT2D eigenvalue weighted by Crippen LogP contribution is 2.47. The number of carbonyl (C=O) groups excluding carboxylic acids is 1. The smallest absolute Gasteiger partial charge is 0.335 e. The van der Waals surface area contributed by atoms with Crippen molar-refractivity contribution < 1.29 is 24.2 Å². The van der Waals surface area contributed by atoms with E-state index in [-0.39, 0.29) is 28.6 Å². The average molecular weight is 424 g/mol. The minimum atomic E-state index is -1.03. The molecular formula is C25H29NO5. The standard InChI is InChI=1S/C25H29NO5/c1-15-30-23(31-15)26(21(27)16-6-8-17(9-7-16)22(28)29)18-10-11-19-20(14-18)25(4,5)13-12-24(19,2)3/h6-11,14-15,23H,12-13H2,1-5H3,(H,28,29). The van der Waals surface area contributed by atoms with Crippen LogP contribution in [0.25, 0.3) is 0 Å². The molecule has 1 heterocycles. The molecule has 6 nitrogen and oxygen atoms in total. The van der Waals surface area contributed by atoms with Crippen LogP contribution in [0.5, 0.6) is 0 Å². The maximum Gasteiger partial charge on any atom is 0.335 e. The third-order valence-electron chi connectivity index (χ3n) is 6.54. The molecule has 0 radical (unpaired) electrons. The molecule has 0 spiro atoms. The zero-order chi connectivity index (χ0) is 22.6. The Hall–Kier alpha value is -2.70. The average Bonchev–Trinajstić information content (AvgIpc) is 2.70. The molecule has 0 atom stereocenters. The monoisotopic (exact) mass is 423 g/mol. The third kappa shape index (κ3) is 3.86. The summed E-state index contributed by atoms with van der Waals surface area (Å²) >= 11 is 0.